The largest absolute Gasteiger partial charge is 0.371 e. The molecule has 5 heteroatoms. The summed E-state index contributed by atoms with van der Waals surface area (Å²) >= 11 is 0. The molecule has 0 radical (unpaired) electrons. The number of imide groups is 1. The number of carbonyl (C=O) groups is 2. The van der Waals surface area contributed by atoms with E-state index in [1.165, 1.54) is 19.3 Å². The highest BCUT2D eigenvalue weighted by molar-refractivity contribution is 6.22. The monoisotopic (exact) mass is 322 g/mol. The molecule has 0 spiro atoms. The first kappa shape index (κ1) is 16.8. The normalized spacial score (nSPS) is 17.0. The molecule has 2 amide bonds. The Balaban J connectivity index is 0.00000176. The summed E-state index contributed by atoms with van der Waals surface area (Å²) in [7, 11) is 0. The Bertz CT molecular complexity index is 580. The van der Waals surface area contributed by atoms with Crippen LogP contribution in [0.15, 0.2) is 12.1 Å². The van der Waals surface area contributed by atoms with Gasteiger partial charge in [0.2, 0.25) is 0 Å². The standard InChI is InChI=1S/C17H22N2O2.ClH/c1-2-3-7-12-14(19-10-5-4-6-11-19)9-8-13-15(12)17(21)18-16(13)20;/h8-9H,2-7,10-11H2,1H3,(H,18,20,21);1H. The molecule has 4 nitrogen and oxygen atoms in total. The Hall–Kier alpha value is -1.55. The Labute approximate surface area is 137 Å². The summed E-state index contributed by atoms with van der Waals surface area (Å²) in [5, 5.41) is 2.43. The smallest absolute Gasteiger partial charge is 0.259 e. The summed E-state index contributed by atoms with van der Waals surface area (Å²) in [5.41, 5.74) is 3.40. The average Bonchev–Trinajstić information content (AvgIpc) is 2.81. The van der Waals surface area contributed by atoms with E-state index in [1.807, 2.05) is 12.1 Å². The number of anilines is 1. The summed E-state index contributed by atoms with van der Waals surface area (Å²) in [6.07, 6.45) is 6.68. The molecule has 2 aliphatic heterocycles. The number of rotatable bonds is 4. The lowest BCUT2D eigenvalue weighted by Crippen LogP contribution is -2.30. The highest BCUT2D eigenvalue weighted by Gasteiger charge is 2.31. The number of piperidine rings is 1. The molecule has 1 fully saturated rings. The van der Waals surface area contributed by atoms with Crippen LogP contribution in [0.4, 0.5) is 5.69 Å². The van der Waals surface area contributed by atoms with E-state index in [0.717, 1.165) is 43.6 Å². The van der Waals surface area contributed by atoms with Crippen molar-refractivity contribution >= 4 is 29.9 Å². The van der Waals surface area contributed by atoms with Crippen LogP contribution in [0.5, 0.6) is 0 Å². The van der Waals surface area contributed by atoms with Gasteiger partial charge >= 0.3 is 0 Å². The number of carbonyl (C=O) groups excluding carboxylic acids is 2. The third kappa shape index (κ3) is 2.98. The van der Waals surface area contributed by atoms with E-state index in [1.54, 1.807) is 0 Å². The molecule has 0 bridgehead atoms. The summed E-state index contributed by atoms with van der Waals surface area (Å²) in [6, 6.07) is 3.85. The zero-order valence-corrected chi connectivity index (χ0v) is 13.8. The van der Waals surface area contributed by atoms with Gasteiger partial charge in [0.1, 0.15) is 0 Å². The predicted molar refractivity (Wildman–Crippen MR) is 90.2 cm³/mol. The zero-order valence-electron chi connectivity index (χ0n) is 13.0. The summed E-state index contributed by atoms with van der Waals surface area (Å²) in [5.74, 6) is -0.474. The van der Waals surface area contributed by atoms with Gasteiger partial charge in [-0.15, -0.1) is 12.4 Å². The van der Waals surface area contributed by atoms with E-state index in [2.05, 4.69) is 17.1 Å². The Morgan fingerprint density at radius 1 is 1.09 bits per heavy atom. The number of nitrogens with zero attached hydrogens (tertiary/aromatic N) is 1. The molecule has 1 aromatic carbocycles. The highest BCUT2D eigenvalue weighted by Crippen LogP contribution is 2.32. The van der Waals surface area contributed by atoms with E-state index >= 15 is 0 Å². The summed E-state index contributed by atoms with van der Waals surface area (Å²) < 4.78 is 0. The van der Waals surface area contributed by atoms with Crippen molar-refractivity contribution in [2.24, 2.45) is 0 Å². The number of nitrogens with one attached hydrogen (secondary N) is 1. The van der Waals surface area contributed by atoms with Gasteiger partial charge in [0.15, 0.2) is 0 Å². The lowest BCUT2D eigenvalue weighted by Gasteiger charge is -2.31. The van der Waals surface area contributed by atoms with Crippen LogP contribution in [0.2, 0.25) is 0 Å². The molecule has 0 aromatic heterocycles. The molecular weight excluding hydrogens is 300 g/mol. The lowest BCUT2D eigenvalue weighted by molar-refractivity contribution is 0.0879. The van der Waals surface area contributed by atoms with Gasteiger partial charge in [0, 0.05) is 18.8 Å². The highest BCUT2D eigenvalue weighted by atomic mass is 35.5. The molecule has 3 rings (SSSR count). The SMILES string of the molecule is CCCCc1c(N2CCCCC2)ccc2c1C(=O)NC2=O.Cl. The maximum Gasteiger partial charge on any atom is 0.259 e. The van der Waals surface area contributed by atoms with Gasteiger partial charge in [-0.25, -0.2) is 0 Å². The van der Waals surface area contributed by atoms with Crippen LogP contribution in [-0.4, -0.2) is 24.9 Å². The van der Waals surface area contributed by atoms with Crippen molar-refractivity contribution in [1.82, 2.24) is 5.32 Å². The second-order valence-corrected chi connectivity index (χ2v) is 5.92. The van der Waals surface area contributed by atoms with Crippen LogP contribution in [0, 0.1) is 0 Å². The zero-order chi connectivity index (χ0) is 14.8. The fourth-order valence-electron chi connectivity index (χ4n) is 3.36. The number of fused-ring (bicyclic) bond motifs is 1. The molecule has 0 saturated carbocycles. The van der Waals surface area contributed by atoms with Crippen LogP contribution in [0.25, 0.3) is 0 Å². The van der Waals surface area contributed by atoms with Gasteiger partial charge in [-0.3, -0.25) is 14.9 Å². The number of hydrogen-bond donors (Lipinski definition) is 1. The van der Waals surface area contributed by atoms with E-state index in [9.17, 15) is 9.59 Å². The second-order valence-electron chi connectivity index (χ2n) is 5.92. The molecule has 22 heavy (non-hydrogen) atoms. The van der Waals surface area contributed by atoms with E-state index in [4.69, 9.17) is 0 Å². The molecule has 1 saturated heterocycles. The first-order valence-corrected chi connectivity index (χ1v) is 7.99. The third-order valence-corrected chi connectivity index (χ3v) is 4.46. The van der Waals surface area contributed by atoms with Crippen molar-refractivity contribution in [1.29, 1.82) is 0 Å². The van der Waals surface area contributed by atoms with Gasteiger partial charge in [0.25, 0.3) is 11.8 Å². The average molecular weight is 323 g/mol. The molecular formula is C17H23ClN2O2. The van der Waals surface area contributed by atoms with E-state index in [0.29, 0.717) is 11.1 Å². The van der Waals surface area contributed by atoms with Crippen LogP contribution < -0.4 is 10.2 Å². The van der Waals surface area contributed by atoms with Crippen LogP contribution in [-0.2, 0) is 6.42 Å². The Morgan fingerprint density at radius 2 is 1.82 bits per heavy atom. The van der Waals surface area contributed by atoms with E-state index in [-0.39, 0.29) is 24.2 Å². The number of benzene rings is 1. The van der Waals surface area contributed by atoms with Crippen molar-refractivity contribution in [3.63, 3.8) is 0 Å². The van der Waals surface area contributed by atoms with Gasteiger partial charge in [-0.05, 0) is 49.8 Å². The van der Waals surface area contributed by atoms with Gasteiger partial charge < -0.3 is 4.90 Å². The maximum atomic E-state index is 12.1. The minimum Gasteiger partial charge on any atom is -0.371 e. The van der Waals surface area contributed by atoms with Crippen LogP contribution in [0.3, 0.4) is 0 Å². The predicted octanol–water partition coefficient (Wildman–Crippen LogP) is 3.32. The molecule has 1 aromatic rings. The van der Waals surface area contributed by atoms with Crippen LogP contribution in [0.1, 0.15) is 65.3 Å². The fraction of sp³-hybridized carbons (Fsp3) is 0.529. The minimum atomic E-state index is -0.252. The molecule has 0 unspecified atom stereocenters. The fourth-order valence-corrected chi connectivity index (χ4v) is 3.36. The second kappa shape index (κ2) is 7.14. The Kier molecular flexibility index (Phi) is 5.46. The van der Waals surface area contributed by atoms with Gasteiger partial charge in [-0.1, -0.05) is 13.3 Å². The molecule has 0 aliphatic carbocycles. The molecule has 1 N–H and O–H groups in total. The number of halogens is 1. The lowest BCUT2D eigenvalue weighted by atomic mass is 9.95. The van der Waals surface area contributed by atoms with Crippen molar-refractivity contribution in [2.45, 2.75) is 45.4 Å². The van der Waals surface area contributed by atoms with Gasteiger partial charge in [0.05, 0.1) is 11.1 Å². The van der Waals surface area contributed by atoms with Crippen molar-refractivity contribution < 1.29 is 9.59 Å². The number of unbranched alkanes of at least 4 members (excludes halogenated alkanes) is 1. The van der Waals surface area contributed by atoms with Crippen molar-refractivity contribution in [3.05, 3.63) is 28.8 Å². The van der Waals surface area contributed by atoms with Crippen LogP contribution >= 0.6 is 12.4 Å². The minimum absolute atomic E-state index is 0. The quantitative estimate of drug-likeness (QED) is 0.865. The molecule has 2 aliphatic rings. The number of amides is 2. The third-order valence-electron chi connectivity index (χ3n) is 4.46. The van der Waals surface area contributed by atoms with Crippen molar-refractivity contribution in [3.8, 4) is 0 Å². The first-order chi connectivity index (χ1) is 10.2. The van der Waals surface area contributed by atoms with Crippen molar-refractivity contribution in [2.75, 3.05) is 18.0 Å². The topological polar surface area (TPSA) is 49.4 Å². The molecule has 0 atom stereocenters. The molecule has 2 heterocycles. The maximum absolute atomic E-state index is 12.1. The molecule has 120 valence electrons. The van der Waals surface area contributed by atoms with E-state index < -0.39 is 0 Å². The summed E-state index contributed by atoms with van der Waals surface area (Å²) in [4.78, 5) is 26.4. The first-order valence-electron chi connectivity index (χ1n) is 7.99. The Morgan fingerprint density at radius 3 is 2.50 bits per heavy atom. The van der Waals surface area contributed by atoms with Gasteiger partial charge in [-0.2, -0.15) is 0 Å². The summed E-state index contributed by atoms with van der Waals surface area (Å²) in [6.45, 7) is 4.25. The number of hydrogen-bond acceptors (Lipinski definition) is 3.